The van der Waals surface area contributed by atoms with Gasteiger partial charge in [0.05, 0.1) is 5.67 Å². The second kappa shape index (κ2) is 10.5. The summed E-state index contributed by atoms with van der Waals surface area (Å²) in [7, 11) is -1.10. The molecule has 15 heavy (non-hydrogen) atoms. The fourth-order valence-corrected chi connectivity index (χ4v) is 3.37. The van der Waals surface area contributed by atoms with E-state index in [0.29, 0.717) is 19.8 Å². The van der Waals surface area contributed by atoms with Crippen LogP contribution in [-0.2, 0) is 13.3 Å². The highest BCUT2D eigenvalue weighted by atomic mass is 28.4. The van der Waals surface area contributed by atoms with E-state index >= 15 is 0 Å². The highest BCUT2D eigenvalue weighted by Crippen LogP contribution is 2.13. The molecule has 0 rings (SSSR count). The summed E-state index contributed by atoms with van der Waals surface area (Å²) >= 11 is 0. The van der Waals surface area contributed by atoms with Crippen LogP contribution in [0.2, 0.25) is 0 Å². The topological polar surface area (TPSA) is 79.7 Å². The molecule has 0 aromatic heterocycles. The Morgan fingerprint density at radius 3 is 1.33 bits per heavy atom. The molecule has 4 N–H and O–H groups in total. The molecule has 0 aromatic carbocycles. The van der Waals surface area contributed by atoms with Gasteiger partial charge in [0.1, 0.15) is 0 Å². The normalized spacial score (nSPS) is 13.0. The second-order valence-electron chi connectivity index (χ2n) is 2.69. The Kier molecular flexibility index (Phi) is 12.2. The second-order valence-corrected chi connectivity index (χ2v) is 5.68. The lowest BCUT2D eigenvalue weighted by Crippen LogP contribution is -2.59. The van der Waals surface area contributed by atoms with E-state index in [1.165, 1.54) is 7.05 Å². The average molecular weight is 238 g/mol. The molecule has 5 nitrogen and oxygen atoms in total. The Labute approximate surface area is 94.4 Å². The summed E-state index contributed by atoms with van der Waals surface area (Å²) in [6.07, 6.45) is 0. The molecule has 6 heteroatoms. The summed E-state index contributed by atoms with van der Waals surface area (Å²) in [5.41, 5.74) is 10.1. The number of rotatable bonds is 7. The standard InChI is InChI=1S/C8H21NO3Si.CH5N/c1-5-10-13(8(4)9,11-6-2)12-7-3;1-2/h8H,5-7,9H2,1-4H3;2H2,1H3. The van der Waals surface area contributed by atoms with Crippen molar-refractivity contribution in [3.8, 4) is 0 Å². The summed E-state index contributed by atoms with van der Waals surface area (Å²) in [5, 5.41) is 0. The fourth-order valence-electron chi connectivity index (χ4n) is 1.12. The molecule has 0 heterocycles. The molecular weight excluding hydrogens is 212 g/mol. The van der Waals surface area contributed by atoms with Gasteiger partial charge < -0.3 is 24.7 Å². The van der Waals surface area contributed by atoms with E-state index in [-0.39, 0.29) is 5.67 Å². The zero-order valence-electron chi connectivity index (χ0n) is 10.6. The Hall–Kier alpha value is 0.0169. The first-order valence-corrected chi connectivity index (χ1v) is 7.18. The van der Waals surface area contributed by atoms with Gasteiger partial charge in [-0.05, 0) is 34.7 Å². The maximum absolute atomic E-state index is 5.82. The van der Waals surface area contributed by atoms with Crippen LogP contribution in [0.25, 0.3) is 0 Å². The van der Waals surface area contributed by atoms with Crippen molar-refractivity contribution >= 4 is 8.80 Å². The van der Waals surface area contributed by atoms with Crippen molar-refractivity contribution in [3.63, 3.8) is 0 Å². The Morgan fingerprint density at radius 1 is 0.933 bits per heavy atom. The smallest absolute Gasteiger partial charge is 0.373 e. The molecule has 0 aliphatic rings. The molecule has 0 aliphatic heterocycles. The summed E-state index contributed by atoms with van der Waals surface area (Å²) in [6.45, 7) is 9.36. The predicted molar refractivity (Wildman–Crippen MR) is 64.4 cm³/mol. The molecule has 0 aromatic rings. The van der Waals surface area contributed by atoms with Crippen molar-refractivity contribution in [1.29, 1.82) is 0 Å². The lowest BCUT2D eigenvalue weighted by Gasteiger charge is -2.31. The van der Waals surface area contributed by atoms with Crippen LogP contribution in [0.5, 0.6) is 0 Å². The van der Waals surface area contributed by atoms with Gasteiger partial charge in [0.2, 0.25) is 0 Å². The zero-order valence-corrected chi connectivity index (χ0v) is 11.6. The van der Waals surface area contributed by atoms with Gasteiger partial charge in [0.25, 0.3) is 0 Å². The van der Waals surface area contributed by atoms with Gasteiger partial charge >= 0.3 is 8.80 Å². The minimum atomic E-state index is -2.60. The minimum absolute atomic E-state index is 0.174. The highest BCUT2D eigenvalue weighted by Gasteiger charge is 2.44. The summed E-state index contributed by atoms with van der Waals surface area (Å²) in [6, 6.07) is 0. The monoisotopic (exact) mass is 238 g/mol. The van der Waals surface area contributed by atoms with Crippen LogP contribution in [0.15, 0.2) is 0 Å². The molecule has 0 saturated heterocycles. The van der Waals surface area contributed by atoms with Gasteiger partial charge in [-0.1, -0.05) is 0 Å². The quantitative estimate of drug-likeness (QED) is 0.631. The molecule has 1 unspecified atom stereocenters. The summed E-state index contributed by atoms with van der Waals surface area (Å²) < 4.78 is 16.6. The van der Waals surface area contributed by atoms with E-state index in [9.17, 15) is 0 Å². The van der Waals surface area contributed by atoms with Gasteiger partial charge in [0, 0.05) is 19.8 Å². The molecule has 0 bridgehead atoms. The SMILES string of the molecule is CCO[Si](OCC)(OCC)C(C)N.CN. The van der Waals surface area contributed by atoms with E-state index in [1.54, 1.807) is 0 Å². The molecule has 0 saturated carbocycles. The third kappa shape index (κ3) is 6.24. The Bertz CT molecular complexity index is 120. The van der Waals surface area contributed by atoms with Crippen molar-refractivity contribution in [2.75, 3.05) is 26.9 Å². The summed E-state index contributed by atoms with van der Waals surface area (Å²) in [5.74, 6) is 0. The van der Waals surface area contributed by atoms with Crippen LogP contribution >= 0.6 is 0 Å². The highest BCUT2D eigenvalue weighted by molar-refractivity contribution is 6.62. The van der Waals surface area contributed by atoms with Crippen LogP contribution in [0.1, 0.15) is 27.7 Å². The van der Waals surface area contributed by atoms with Crippen molar-refractivity contribution in [3.05, 3.63) is 0 Å². The number of hydrogen-bond acceptors (Lipinski definition) is 5. The predicted octanol–water partition coefficient (Wildman–Crippen LogP) is 0.496. The minimum Gasteiger partial charge on any atom is -0.373 e. The first kappa shape index (κ1) is 17.4. The molecule has 0 radical (unpaired) electrons. The van der Waals surface area contributed by atoms with Crippen LogP contribution in [0.3, 0.4) is 0 Å². The van der Waals surface area contributed by atoms with E-state index in [1.807, 2.05) is 27.7 Å². The van der Waals surface area contributed by atoms with Crippen molar-refractivity contribution < 1.29 is 13.3 Å². The molecule has 0 aliphatic carbocycles. The summed E-state index contributed by atoms with van der Waals surface area (Å²) in [4.78, 5) is 0. The van der Waals surface area contributed by atoms with Gasteiger partial charge in [-0.25, -0.2) is 0 Å². The van der Waals surface area contributed by atoms with E-state index < -0.39 is 8.80 Å². The van der Waals surface area contributed by atoms with Gasteiger partial charge in [-0.3, -0.25) is 0 Å². The first-order chi connectivity index (χ1) is 7.13. The molecule has 94 valence electrons. The maximum Gasteiger partial charge on any atom is 0.518 e. The lowest BCUT2D eigenvalue weighted by molar-refractivity contribution is 0.0640. The van der Waals surface area contributed by atoms with E-state index in [2.05, 4.69) is 5.73 Å². The van der Waals surface area contributed by atoms with Gasteiger partial charge in [-0.2, -0.15) is 0 Å². The first-order valence-electron chi connectivity index (χ1n) is 5.38. The van der Waals surface area contributed by atoms with Gasteiger partial charge in [0.15, 0.2) is 0 Å². The lowest BCUT2D eigenvalue weighted by atomic mass is 10.8. The van der Waals surface area contributed by atoms with Crippen LogP contribution in [0.4, 0.5) is 0 Å². The van der Waals surface area contributed by atoms with E-state index in [0.717, 1.165) is 0 Å². The van der Waals surface area contributed by atoms with Crippen molar-refractivity contribution in [2.45, 2.75) is 33.4 Å². The largest absolute Gasteiger partial charge is 0.518 e. The van der Waals surface area contributed by atoms with Crippen LogP contribution in [0, 0.1) is 0 Å². The zero-order chi connectivity index (χ0) is 12.3. The van der Waals surface area contributed by atoms with Crippen molar-refractivity contribution in [2.24, 2.45) is 11.5 Å². The van der Waals surface area contributed by atoms with Gasteiger partial charge in [-0.15, -0.1) is 0 Å². The average Bonchev–Trinajstić information content (AvgIpc) is 2.21. The molecule has 0 spiro atoms. The number of hydrogen-bond donors (Lipinski definition) is 2. The maximum atomic E-state index is 5.82. The molecule has 0 amide bonds. The third-order valence-electron chi connectivity index (χ3n) is 1.59. The molecular formula is C9H26N2O3Si. The fraction of sp³-hybridized carbons (Fsp3) is 1.00. The molecule has 0 fully saturated rings. The number of nitrogens with two attached hydrogens (primary N) is 2. The Balaban J connectivity index is 0. The van der Waals surface area contributed by atoms with E-state index in [4.69, 9.17) is 19.0 Å². The molecule has 1 atom stereocenters. The van der Waals surface area contributed by atoms with Crippen molar-refractivity contribution in [1.82, 2.24) is 0 Å². The van der Waals surface area contributed by atoms with Crippen LogP contribution < -0.4 is 11.5 Å². The third-order valence-corrected chi connectivity index (χ3v) is 4.78. The Morgan fingerprint density at radius 2 is 1.20 bits per heavy atom. The van der Waals surface area contributed by atoms with Crippen LogP contribution in [-0.4, -0.2) is 41.3 Å².